The van der Waals surface area contributed by atoms with Crippen LogP contribution in [-0.4, -0.2) is 41.4 Å². The Balaban J connectivity index is 1.62. The minimum Gasteiger partial charge on any atom is -0.478 e. The van der Waals surface area contributed by atoms with Gasteiger partial charge in [0.15, 0.2) is 5.13 Å². The van der Waals surface area contributed by atoms with Crippen molar-refractivity contribution in [2.75, 3.05) is 12.4 Å². The van der Waals surface area contributed by atoms with E-state index in [2.05, 4.69) is 61.0 Å². The molecule has 0 atom stereocenters. The minimum absolute atomic E-state index is 0.0354. The number of aromatic nitrogens is 7. The van der Waals surface area contributed by atoms with Crippen LogP contribution in [-0.2, 0) is 5.41 Å². The molecule has 4 aromatic heterocycles. The number of ether oxygens (including phenoxy) is 1. The van der Waals surface area contributed by atoms with Crippen molar-refractivity contribution >= 4 is 22.3 Å². The third kappa shape index (κ3) is 4.36. The standard InChI is InChI=1S/C22H28N8OS/c1-13(2)30-18(8-17(28-30)22(4,5)6)27-21-26-16(11-32-21)15-9-23-19(20(25-15)31-7)29-10-14(3)24-12-29/h8-13H,1-7H3,(H,26,27). The summed E-state index contributed by atoms with van der Waals surface area (Å²) in [6.45, 7) is 12.6. The van der Waals surface area contributed by atoms with Gasteiger partial charge in [0, 0.05) is 29.1 Å². The lowest BCUT2D eigenvalue weighted by molar-refractivity contribution is 0.394. The second-order valence-electron chi connectivity index (χ2n) is 8.88. The first-order valence-corrected chi connectivity index (χ1v) is 11.3. The van der Waals surface area contributed by atoms with Crippen LogP contribution in [0.2, 0.25) is 0 Å². The zero-order valence-electron chi connectivity index (χ0n) is 19.4. The van der Waals surface area contributed by atoms with Gasteiger partial charge in [-0.25, -0.2) is 24.6 Å². The Morgan fingerprint density at radius 2 is 1.91 bits per heavy atom. The molecule has 0 unspecified atom stereocenters. The van der Waals surface area contributed by atoms with Crippen molar-refractivity contribution < 1.29 is 4.74 Å². The molecule has 0 aliphatic carbocycles. The van der Waals surface area contributed by atoms with Gasteiger partial charge >= 0.3 is 0 Å². The van der Waals surface area contributed by atoms with Crippen molar-refractivity contribution in [1.29, 1.82) is 0 Å². The van der Waals surface area contributed by atoms with Crippen LogP contribution in [0.3, 0.4) is 0 Å². The fourth-order valence-electron chi connectivity index (χ4n) is 3.15. The number of imidazole rings is 1. The Morgan fingerprint density at radius 3 is 2.53 bits per heavy atom. The van der Waals surface area contributed by atoms with Gasteiger partial charge in [-0.3, -0.25) is 4.57 Å². The first kappa shape index (κ1) is 21.9. The summed E-state index contributed by atoms with van der Waals surface area (Å²) in [6, 6.07) is 2.31. The van der Waals surface area contributed by atoms with Gasteiger partial charge in [0.2, 0.25) is 5.82 Å². The minimum atomic E-state index is -0.0354. The highest BCUT2D eigenvalue weighted by atomic mass is 32.1. The van der Waals surface area contributed by atoms with E-state index in [9.17, 15) is 0 Å². The molecule has 0 radical (unpaired) electrons. The Morgan fingerprint density at radius 1 is 1.12 bits per heavy atom. The molecule has 0 bridgehead atoms. The molecule has 4 aromatic rings. The van der Waals surface area contributed by atoms with Gasteiger partial charge < -0.3 is 10.1 Å². The van der Waals surface area contributed by atoms with E-state index in [-0.39, 0.29) is 11.5 Å². The predicted molar refractivity (Wildman–Crippen MR) is 126 cm³/mol. The first-order chi connectivity index (χ1) is 15.2. The molecular formula is C22H28N8OS. The van der Waals surface area contributed by atoms with E-state index in [1.807, 2.05) is 23.2 Å². The van der Waals surface area contributed by atoms with E-state index >= 15 is 0 Å². The number of anilines is 2. The van der Waals surface area contributed by atoms with Crippen molar-refractivity contribution in [3.63, 3.8) is 0 Å². The van der Waals surface area contributed by atoms with Crippen molar-refractivity contribution in [3.8, 4) is 23.1 Å². The maximum absolute atomic E-state index is 5.48. The van der Waals surface area contributed by atoms with Gasteiger partial charge in [0.1, 0.15) is 23.5 Å². The number of thiazole rings is 1. The van der Waals surface area contributed by atoms with Crippen LogP contribution in [0.4, 0.5) is 10.9 Å². The maximum atomic E-state index is 5.48. The molecule has 0 fully saturated rings. The number of aryl methyl sites for hydroxylation is 1. The lowest BCUT2D eigenvalue weighted by Crippen LogP contribution is -2.13. The van der Waals surface area contributed by atoms with Gasteiger partial charge in [-0.2, -0.15) is 5.10 Å². The molecule has 0 saturated carbocycles. The lowest BCUT2D eigenvalue weighted by atomic mass is 9.92. The summed E-state index contributed by atoms with van der Waals surface area (Å²) in [5.74, 6) is 1.91. The Hall–Kier alpha value is -3.27. The molecular weight excluding hydrogens is 424 g/mol. The third-order valence-corrected chi connectivity index (χ3v) is 5.62. The topological polar surface area (TPSA) is 95.6 Å². The van der Waals surface area contributed by atoms with Crippen molar-refractivity contribution in [3.05, 3.63) is 41.6 Å². The molecule has 168 valence electrons. The SMILES string of the molecule is COc1nc(-c2csc(Nc3cc(C(C)(C)C)nn3C(C)C)n2)cnc1-n1cnc(C)c1. The quantitative estimate of drug-likeness (QED) is 0.443. The molecule has 0 aromatic carbocycles. The van der Waals surface area contributed by atoms with Crippen molar-refractivity contribution in [2.45, 2.75) is 53.0 Å². The molecule has 4 rings (SSSR count). The van der Waals surface area contributed by atoms with Gasteiger partial charge in [-0.1, -0.05) is 20.8 Å². The molecule has 0 aliphatic heterocycles. The number of hydrogen-bond donors (Lipinski definition) is 1. The highest BCUT2D eigenvalue weighted by Gasteiger charge is 2.22. The van der Waals surface area contributed by atoms with Gasteiger partial charge in [-0.15, -0.1) is 11.3 Å². The van der Waals surface area contributed by atoms with Crippen LogP contribution in [0.15, 0.2) is 30.2 Å². The van der Waals surface area contributed by atoms with Gasteiger partial charge in [0.25, 0.3) is 5.88 Å². The van der Waals surface area contributed by atoms with Crippen molar-refractivity contribution in [2.24, 2.45) is 0 Å². The van der Waals surface area contributed by atoms with E-state index in [0.717, 1.165) is 28.0 Å². The smallest absolute Gasteiger partial charge is 0.258 e. The number of nitrogens with one attached hydrogen (secondary N) is 1. The Bertz CT molecular complexity index is 1230. The number of nitrogens with zero attached hydrogens (tertiary/aromatic N) is 7. The Labute approximate surface area is 191 Å². The largest absolute Gasteiger partial charge is 0.478 e. The molecule has 0 spiro atoms. The zero-order chi connectivity index (χ0) is 23.0. The fourth-order valence-corrected chi connectivity index (χ4v) is 3.86. The molecule has 4 heterocycles. The zero-order valence-corrected chi connectivity index (χ0v) is 20.2. The van der Waals surface area contributed by atoms with Gasteiger partial charge in [-0.05, 0) is 20.8 Å². The van der Waals surface area contributed by atoms with Crippen molar-refractivity contribution in [1.82, 2.24) is 34.3 Å². The molecule has 0 saturated heterocycles. The average Bonchev–Trinajstić information content (AvgIpc) is 3.47. The lowest BCUT2D eigenvalue weighted by Gasteiger charge is -2.14. The van der Waals surface area contributed by atoms with E-state index in [4.69, 9.17) is 14.8 Å². The van der Waals surface area contributed by atoms with Gasteiger partial charge in [0.05, 0.1) is 24.7 Å². The molecule has 10 heteroatoms. The number of methoxy groups -OCH3 is 1. The van der Waals surface area contributed by atoms with E-state index < -0.39 is 0 Å². The first-order valence-electron chi connectivity index (χ1n) is 10.4. The molecule has 0 aliphatic rings. The van der Waals surface area contributed by atoms with Crippen LogP contribution < -0.4 is 10.1 Å². The summed E-state index contributed by atoms with van der Waals surface area (Å²) in [7, 11) is 1.58. The highest BCUT2D eigenvalue weighted by Crippen LogP contribution is 2.31. The summed E-state index contributed by atoms with van der Waals surface area (Å²) in [4.78, 5) is 18.1. The normalized spacial score (nSPS) is 11.9. The molecule has 0 amide bonds. The van der Waals surface area contributed by atoms with Crippen LogP contribution in [0.25, 0.3) is 17.2 Å². The molecule has 32 heavy (non-hydrogen) atoms. The summed E-state index contributed by atoms with van der Waals surface area (Å²) in [5, 5.41) is 10.9. The predicted octanol–water partition coefficient (Wildman–Crippen LogP) is 4.92. The number of rotatable bonds is 6. The molecule has 9 nitrogen and oxygen atoms in total. The fraction of sp³-hybridized carbons (Fsp3) is 0.409. The summed E-state index contributed by atoms with van der Waals surface area (Å²) < 4.78 is 9.26. The summed E-state index contributed by atoms with van der Waals surface area (Å²) in [5.41, 5.74) is 3.25. The van der Waals surface area contributed by atoms with E-state index in [0.29, 0.717) is 17.4 Å². The van der Waals surface area contributed by atoms with Crippen LogP contribution in [0.1, 0.15) is 52.0 Å². The highest BCUT2D eigenvalue weighted by molar-refractivity contribution is 7.14. The third-order valence-electron chi connectivity index (χ3n) is 4.87. The summed E-state index contributed by atoms with van der Waals surface area (Å²) >= 11 is 1.51. The molecule has 1 N–H and O–H groups in total. The van der Waals surface area contributed by atoms with E-state index in [1.165, 1.54) is 11.3 Å². The van der Waals surface area contributed by atoms with Crippen LogP contribution in [0, 0.1) is 6.92 Å². The summed E-state index contributed by atoms with van der Waals surface area (Å²) in [6.07, 6.45) is 5.26. The van der Waals surface area contributed by atoms with E-state index in [1.54, 1.807) is 24.2 Å². The second-order valence-corrected chi connectivity index (χ2v) is 9.73. The number of hydrogen-bond acceptors (Lipinski definition) is 8. The Kier molecular flexibility index (Phi) is 5.72. The second kappa shape index (κ2) is 8.34. The van der Waals surface area contributed by atoms with Crippen LogP contribution in [0.5, 0.6) is 5.88 Å². The van der Waals surface area contributed by atoms with Crippen LogP contribution >= 0.6 is 11.3 Å². The average molecular weight is 453 g/mol. The maximum Gasteiger partial charge on any atom is 0.258 e. The monoisotopic (exact) mass is 452 g/mol.